The Morgan fingerprint density at radius 1 is 1.06 bits per heavy atom. The molecule has 1 atom stereocenters. The number of benzene rings is 2. The van der Waals surface area contributed by atoms with E-state index in [1.165, 1.54) is 23.5 Å². The van der Waals surface area contributed by atoms with E-state index >= 15 is 0 Å². The highest BCUT2D eigenvalue weighted by atomic mass is 32.1. The first-order valence-corrected chi connectivity index (χ1v) is 11.8. The summed E-state index contributed by atoms with van der Waals surface area (Å²) in [6, 6.07) is 13.0. The first-order chi connectivity index (χ1) is 17.2. The molecule has 3 aromatic rings. The van der Waals surface area contributed by atoms with E-state index in [9.17, 15) is 19.2 Å². The van der Waals surface area contributed by atoms with Gasteiger partial charge in [0.1, 0.15) is 10.3 Å². The third kappa shape index (κ3) is 3.57. The minimum absolute atomic E-state index is 0.206. The Morgan fingerprint density at radius 2 is 1.75 bits per heavy atom. The van der Waals surface area contributed by atoms with Gasteiger partial charge < -0.3 is 14.4 Å². The quantitative estimate of drug-likeness (QED) is 0.398. The number of carbonyl (C=O) groups excluding carboxylic acids is 3. The molecule has 0 radical (unpaired) electrons. The molecule has 10 heteroatoms. The molecule has 36 heavy (non-hydrogen) atoms. The Balaban J connectivity index is 1.78. The number of likely N-dealkylation sites (N-methyl/N-ethyl adjacent to an activating group) is 1. The molecular weight excluding hydrogens is 482 g/mol. The van der Waals surface area contributed by atoms with Crippen LogP contribution < -0.4 is 24.5 Å². The van der Waals surface area contributed by atoms with Gasteiger partial charge in [0.25, 0.3) is 11.5 Å². The lowest BCUT2D eigenvalue weighted by atomic mass is 9.96. The topological polar surface area (TPSA) is 107 Å². The summed E-state index contributed by atoms with van der Waals surface area (Å²) in [6.45, 7) is 2.98. The molecule has 0 fully saturated rings. The number of hydrogen-bond donors (Lipinski definition) is 0. The fraction of sp³-hybridized carbons (Fsp3) is 0.192. The van der Waals surface area contributed by atoms with E-state index in [0.29, 0.717) is 38.6 Å². The molecule has 9 nitrogen and oxygen atoms in total. The number of ether oxygens (including phenoxy) is 2. The molecule has 3 heterocycles. The summed E-state index contributed by atoms with van der Waals surface area (Å²) in [4.78, 5) is 57.6. The van der Waals surface area contributed by atoms with E-state index in [0.717, 1.165) is 11.3 Å². The normalized spacial score (nSPS) is 17.9. The van der Waals surface area contributed by atoms with Gasteiger partial charge >= 0.3 is 11.9 Å². The van der Waals surface area contributed by atoms with Crippen molar-refractivity contribution in [3.05, 3.63) is 90.6 Å². The minimum atomic E-state index is -0.848. The van der Waals surface area contributed by atoms with Crippen molar-refractivity contribution < 1.29 is 23.9 Å². The van der Waals surface area contributed by atoms with Crippen molar-refractivity contribution >= 4 is 40.4 Å². The number of esters is 2. The van der Waals surface area contributed by atoms with Gasteiger partial charge in [-0.15, -0.1) is 0 Å². The second-order valence-electron chi connectivity index (χ2n) is 8.31. The second kappa shape index (κ2) is 8.72. The number of para-hydroxylation sites is 1. The maximum atomic E-state index is 13.9. The molecule has 0 saturated heterocycles. The van der Waals surface area contributed by atoms with Crippen LogP contribution in [-0.2, 0) is 19.1 Å². The highest BCUT2D eigenvalue weighted by Crippen LogP contribution is 2.34. The monoisotopic (exact) mass is 503 g/mol. The van der Waals surface area contributed by atoms with Crippen molar-refractivity contribution in [2.45, 2.75) is 19.9 Å². The molecule has 0 N–H and O–H groups in total. The molecule has 0 bridgehead atoms. The van der Waals surface area contributed by atoms with Gasteiger partial charge in [0.15, 0.2) is 4.80 Å². The van der Waals surface area contributed by atoms with Crippen LogP contribution in [-0.4, -0.2) is 36.6 Å². The lowest BCUT2D eigenvalue weighted by Gasteiger charge is -2.24. The summed E-state index contributed by atoms with van der Waals surface area (Å²) >= 11 is 1.11. The standard InChI is InChI=1S/C26H21N3O6S/c1-13-19(25(33)34-4)21(15-9-11-16(12-10-15)35-14(2)30)29-24(32)22(36-26(29)27-13)20-17-7-5-6-8-18(17)28(3)23(20)31/h5-12,21H,1-4H3/b22-20-/t21-/m1/s1. The SMILES string of the molecule is COC(=O)C1=C(C)N=c2s/c(=C3\C(=O)N(C)c4ccccc43)c(=O)n2[C@@H]1c1ccc(OC(C)=O)cc1. The predicted molar refractivity (Wildman–Crippen MR) is 132 cm³/mol. The van der Waals surface area contributed by atoms with Crippen LogP contribution in [0.4, 0.5) is 5.69 Å². The zero-order chi connectivity index (χ0) is 25.7. The van der Waals surface area contributed by atoms with Crippen molar-refractivity contribution in [2.75, 3.05) is 19.1 Å². The van der Waals surface area contributed by atoms with E-state index in [1.807, 2.05) is 18.2 Å². The maximum Gasteiger partial charge on any atom is 0.338 e. The molecule has 1 amide bonds. The van der Waals surface area contributed by atoms with Crippen LogP contribution >= 0.6 is 11.3 Å². The average molecular weight is 504 g/mol. The van der Waals surface area contributed by atoms with Crippen molar-refractivity contribution in [1.29, 1.82) is 0 Å². The number of nitrogens with zero attached hydrogens (tertiary/aromatic N) is 3. The maximum absolute atomic E-state index is 13.9. The van der Waals surface area contributed by atoms with Crippen LogP contribution in [0.15, 0.2) is 69.6 Å². The van der Waals surface area contributed by atoms with Gasteiger partial charge in [-0.25, -0.2) is 9.79 Å². The highest BCUT2D eigenvalue weighted by Gasteiger charge is 2.36. The predicted octanol–water partition coefficient (Wildman–Crippen LogP) is 1.68. The van der Waals surface area contributed by atoms with Gasteiger partial charge in [0.2, 0.25) is 0 Å². The van der Waals surface area contributed by atoms with Gasteiger partial charge in [0.05, 0.1) is 35.7 Å². The second-order valence-corrected chi connectivity index (χ2v) is 9.29. The van der Waals surface area contributed by atoms with E-state index in [1.54, 1.807) is 44.3 Å². The van der Waals surface area contributed by atoms with Gasteiger partial charge in [-0.2, -0.15) is 0 Å². The minimum Gasteiger partial charge on any atom is -0.466 e. The molecular formula is C26H21N3O6S. The van der Waals surface area contributed by atoms with E-state index in [4.69, 9.17) is 9.47 Å². The number of carbonyl (C=O) groups is 3. The molecule has 2 aliphatic rings. The molecule has 0 spiro atoms. The van der Waals surface area contributed by atoms with Crippen LogP contribution in [0.2, 0.25) is 0 Å². The zero-order valence-electron chi connectivity index (χ0n) is 19.9. The summed E-state index contributed by atoms with van der Waals surface area (Å²) in [5.41, 5.74) is 2.46. The van der Waals surface area contributed by atoms with Crippen LogP contribution in [0, 0.1) is 0 Å². The van der Waals surface area contributed by atoms with Crippen molar-refractivity contribution in [3.8, 4) is 5.75 Å². The summed E-state index contributed by atoms with van der Waals surface area (Å²) in [5, 5.41) is 0. The number of allylic oxidation sites excluding steroid dienone is 1. The Hall–Kier alpha value is -4.31. The third-order valence-electron chi connectivity index (χ3n) is 6.14. The van der Waals surface area contributed by atoms with Gasteiger partial charge in [-0.1, -0.05) is 41.7 Å². The Kier molecular flexibility index (Phi) is 5.68. The summed E-state index contributed by atoms with van der Waals surface area (Å²) < 4.78 is 11.8. The lowest BCUT2D eigenvalue weighted by molar-refractivity contribution is -0.136. The smallest absolute Gasteiger partial charge is 0.338 e. The Bertz CT molecular complexity index is 1660. The molecule has 0 saturated carbocycles. The fourth-order valence-corrected chi connectivity index (χ4v) is 5.67. The largest absolute Gasteiger partial charge is 0.466 e. The first kappa shape index (κ1) is 23.4. The number of thiazole rings is 1. The van der Waals surface area contributed by atoms with Crippen molar-refractivity contribution in [1.82, 2.24) is 4.57 Å². The summed E-state index contributed by atoms with van der Waals surface area (Å²) in [6.07, 6.45) is 0. The van der Waals surface area contributed by atoms with Crippen LogP contribution in [0.5, 0.6) is 5.75 Å². The van der Waals surface area contributed by atoms with Crippen molar-refractivity contribution in [3.63, 3.8) is 0 Å². The molecule has 1 aromatic heterocycles. The first-order valence-electron chi connectivity index (χ1n) is 11.0. The fourth-order valence-electron chi connectivity index (χ4n) is 4.53. The van der Waals surface area contributed by atoms with Crippen LogP contribution in [0.25, 0.3) is 5.57 Å². The number of rotatable bonds is 3. The summed E-state index contributed by atoms with van der Waals surface area (Å²) in [7, 11) is 2.93. The number of aromatic nitrogens is 1. The highest BCUT2D eigenvalue weighted by molar-refractivity contribution is 7.07. The molecule has 5 rings (SSSR count). The van der Waals surface area contributed by atoms with Crippen molar-refractivity contribution in [2.24, 2.45) is 4.99 Å². The number of fused-ring (bicyclic) bond motifs is 2. The summed E-state index contributed by atoms with van der Waals surface area (Å²) in [5.74, 6) is -1.04. The zero-order valence-corrected chi connectivity index (χ0v) is 20.7. The number of amides is 1. The van der Waals surface area contributed by atoms with E-state index in [2.05, 4.69) is 4.99 Å². The molecule has 182 valence electrons. The molecule has 0 unspecified atom stereocenters. The van der Waals surface area contributed by atoms with Gasteiger partial charge in [0, 0.05) is 19.5 Å². The number of anilines is 1. The lowest BCUT2D eigenvalue weighted by Crippen LogP contribution is -2.40. The Labute approximate surface area is 209 Å². The van der Waals surface area contributed by atoms with Crippen LogP contribution in [0.1, 0.15) is 31.0 Å². The molecule has 2 aliphatic heterocycles. The Morgan fingerprint density at radius 3 is 2.42 bits per heavy atom. The third-order valence-corrected chi connectivity index (χ3v) is 7.19. The average Bonchev–Trinajstić information content (AvgIpc) is 3.30. The molecule has 2 aromatic carbocycles. The van der Waals surface area contributed by atoms with Crippen LogP contribution in [0.3, 0.4) is 0 Å². The van der Waals surface area contributed by atoms with Gasteiger partial charge in [-0.3, -0.25) is 19.0 Å². The van der Waals surface area contributed by atoms with Gasteiger partial charge in [-0.05, 0) is 30.7 Å². The van der Waals surface area contributed by atoms with E-state index < -0.39 is 23.5 Å². The van der Waals surface area contributed by atoms with E-state index in [-0.39, 0.29) is 16.0 Å². The number of hydrogen-bond acceptors (Lipinski definition) is 8. The molecule has 0 aliphatic carbocycles. The number of methoxy groups -OCH3 is 1.